The van der Waals surface area contributed by atoms with Crippen LogP contribution in [-0.4, -0.2) is 35.6 Å². The van der Waals surface area contributed by atoms with Crippen molar-refractivity contribution < 1.29 is 19.7 Å². The molecule has 1 aliphatic rings. The number of carbonyl (C=O) groups excluding carboxylic acids is 1. The molecular weight excluding hydrogens is 402 g/mol. The van der Waals surface area contributed by atoms with Gasteiger partial charge in [0.1, 0.15) is 18.8 Å². The van der Waals surface area contributed by atoms with Crippen molar-refractivity contribution in [2.24, 2.45) is 0 Å². The zero-order chi connectivity index (χ0) is 22.7. The van der Waals surface area contributed by atoms with Crippen LogP contribution in [0.4, 0.5) is 4.79 Å². The Morgan fingerprint density at radius 2 is 1.41 bits per heavy atom. The minimum Gasteiger partial charge on any atom is -0.449 e. The number of benzene rings is 3. The molecule has 0 fully saturated rings. The lowest BCUT2D eigenvalue weighted by Gasteiger charge is -2.20. The van der Waals surface area contributed by atoms with Crippen LogP contribution < -0.4 is 5.32 Å². The highest BCUT2D eigenvalue weighted by Crippen LogP contribution is 2.44. The van der Waals surface area contributed by atoms with Gasteiger partial charge in [-0.3, -0.25) is 0 Å². The average molecular weight is 432 g/mol. The SMILES string of the molecule is CC(C)c1ccc(C(O)C(O)CNC(=O)OCC2c3ccccc3-c3ccccc32)cc1. The number of nitrogens with one attached hydrogen (secondary N) is 1. The van der Waals surface area contributed by atoms with Crippen LogP contribution in [0.1, 0.15) is 54.0 Å². The van der Waals surface area contributed by atoms with Gasteiger partial charge in [0.05, 0.1) is 0 Å². The molecule has 0 aliphatic heterocycles. The molecule has 32 heavy (non-hydrogen) atoms. The van der Waals surface area contributed by atoms with Crippen molar-refractivity contribution in [2.75, 3.05) is 13.2 Å². The lowest BCUT2D eigenvalue weighted by atomic mass is 9.98. The molecule has 1 amide bonds. The molecule has 3 aromatic carbocycles. The fourth-order valence-electron chi connectivity index (χ4n) is 4.25. The van der Waals surface area contributed by atoms with Gasteiger partial charge in [-0.1, -0.05) is 86.6 Å². The zero-order valence-electron chi connectivity index (χ0n) is 18.4. The second-order valence-electron chi connectivity index (χ2n) is 8.54. The van der Waals surface area contributed by atoms with E-state index in [1.807, 2.05) is 36.4 Å². The minimum atomic E-state index is -1.14. The first kappa shape index (κ1) is 22.1. The van der Waals surface area contributed by atoms with Crippen LogP contribution in [0, 0.1) is 0 Å². The van der Waals surface area contributed by atoms with Gasteiger partial charge in [-0.05, 0) is 39.3 Å². The van der Waals surface area contributed by atoms with E-state index in [0.717, 1.165) is 16.7 Å². The molecule has 2 atom stereocenters. The zero-order valence-corrected chi connectivity index (χ0v) is 18.4. The summed E-state index contributed by atoms with van der Waals surface area (Å²) in [7, 11) is 0. The van der Waals surface area contributed by atoms with Crippen LogP contribution >= 0.6 is 0 Å². The van der Waals surface area contributed by atoms with Gasteiger partial charge in [0.25, 0.3) is 0 Å². The predicted octanol–water partition coefficient (Wildman–Crippen LogP) is 4.74. The first-order chi connectivity index (χ1) is 15.5. The Kier molecular flexibility index (Phi) is 6.58. The van der Waals surface area contributed by atoms with Gasteiger partial charge in [0.2, 0.25) is 0 Å². The molecule has 0 saturated heterocycles. The summed E-state index contributed by atoms with van der Waals surface area (Å²) < 4.78 is 5.47. The summed E-state index contributed by atoms with van der Waals surface area (Å²) in [4.78, 5) is 12.3. The normalized spacial score (nSPS) is 14.5. The van der Waals surface area contributed by atoms with E-state index in [1.165, 1.54) is 11.1 Å². The Balaban J connectivity index is 1.32. The number of hydrogen-bond acceptors (Lipinski definition) is 4. The van der Waals surface area contributed by atoms with E-state index in [9.17, 15) is 15.0 Å². The molecule has 3 N–H and O–H groups in total. The molecule has 166 valence electrons. The first-order valence-corrected chi connectivity index (χ1v) is 11.0. The number of alkyl carbamates (subject to hydrolysis) is 1. The quantitative estimate of drug-likeness (QED) is 0.505. The van der Waals surface area contributed by atoms with Crippen molar-refractivity contribution in [3.8, 4) is 11.1 Å². The van der Waals surface area contributed by atoms with E-state index in [2.05, 4.69) is 43.4 Å². The second-order valence-corrected chi connectivity index (χ2v) is 8.54. The van der Waals surface area contributed by atoms with Crippen molar-refractivity contribution in [1.82, 2.24) is 5.32 Å². The van der Waals surface area contributed by atoms with E-state index in [0.29, 0.717) is 11.5 Å². The highest BCUT2D eigenvalue weighted by Gasteiger charge is 2.29. The van der Waals surface area contributed by atoms with Crippen molar-refractivity contribution in [2.45, 2.75) is 37.9 Å². The molecule has 1 aliphatic carbocycles. The second kappa shape index (κ2) is 9.55. The summed E-state index contributed by atoms with van der Waals surface area (Å²) in [6.45, 7) is 4.29. The van der Waals surface area contributed by atoms with Gasteiger partial charge in [0.15, 0.2) is 0 Å². The van der Waals surface area contributed by atoms with Crippen LogP contribution in [-0.2, 0) is 4.74 Å². The van der Waals surface area contributed by atoms with E-state index in [-0.39, 0.29) is 19.1 Å². The third kappa shape index (κ3) is 4.54. The number of ether oxygens (including phenoxy) is 1. The van der Waals surface area contributed by atoms with Crippen LogP contribution in [0.5, 0.6) is 0 Å². The molecule has 0 spiro atoms. The van der Waals surface area contributed by atoms with E-state index in [4.69, 9.17) is 4.74 Å². The number of hydrogen-bond donors (Lipinski definition) is 3. The highest BCUT2D eigenvalue weighted by molar-refractivity contribution is 5.79. The van der Waals surface area contributed by atoms with E-state index in [1.54, 1.807) is 12.1 Å². The van der Waals surface area contributed by atoms with Gasteiger partial charge in [0, 0.05) is 12.5 Å². The molecule has 5 nitrogen and oxygen atoms in total. The minimum absolute atomic E-state index is 0.0249. The highest BCUT2D eigenvalue weighted by atomic mass is 16.5. The Labute approximate surface area is 188 Å². The summed E-state index contributed by atoms with van der Waals surface area (Å²) in [6, 6.07) is 23.8. The molecule has 2 unspecified atom stereocenters. The summed E-state index contributed by atoms with van der Waals surface area (Å²) in [5.74, 6) is 0.365. The standard InChI is InChI=1S/C27H29NO4/c1-17(2)18-11-13-19(14-12-18)26(30)25(29)15-28-27(31)32-16-24-22-9-5-3-7-20(22)21-8-4-6-10-23(21)24/h3-14,17,24-26,29-30H,15-16H2,1-2H3,(H,28,31). The summed E-state index contributed by atoms with van der Waals surface area (Å²) >= 11 is 0. The molecular formula is C27H29NO4. The van der Waals surface area contributed by atoms with Crippen molar-refractivity contribution in [3.05, 3.63) is 95.1 Å². The van der Waals surface area contributed by atoms with Gasteiger partial charge in [-0.25, -0.2) is 4.79 Å². The van der Waals surface area contributed by atoms with E-state index >= 15 is 0 Å². The number of fused-ring (bicyclic) bond motifs is 3. The van der Waals surface area contributed by atoms with Gasteiger partial charge < -0.3 is 20.3 Å². The molecule has 0 radical (unpaired) electrons. The van der Waals surface area contributed by atoms with Gasteiger partial charge in [-0.2, -0.15) is 0 Å². The molecule has 0 heterocycles. The van der Waals surface area contributed by atoms with Crippen LogP contribution in [0.25, 0.3) is 11.1 Å². The van der Waals surface area contributed by atoms with Crippen molar-refractivity contribution >= 4 is 6.09 Å². The average Bonchev–Trinajstić information content (AvgIpc) is 3.14. The number of aliphatic hydroxyl groups excluding tert-OH is 2. The third-order valence-electron chi connectivity index (χ3n) is 6.11. The molecule has 5 heteroatoms. The first-order valence-electron chi connectivity index (χ1n) is 11.0. The largest absolute Gasteiger partial charge is 0.449 e. The molecule has 3 aromatic rings. The summed E-state index contributed by atoms with van der Waals surface area (Å²) in [5, 5.41) is 23.3. The van der Waals surface area contributed by atoms with E-state index < -0.39 is 18.3 Å². The fraction of sp³-hybridized carbons (Fsp3) is 0.296. The van der Waals surface area contributed by atoms with Crippen molar-refractivity contribution in [3.63, 3.8) is 0 Å². The maximum absolute atomic E-state index is 12.3. The van der Waals surface area contributed by atoms with Gasteiger partial charge >= 0.3 is 6.09 Å². The third-order valence-corrected chi connectivity index (χ3v) is 6.11. The Morgan fingerprint density at radius 3 is 1.97 bits per heavy atom. The number of carbonyl (C=O) groups is 1. The predicted molar refractivity (Wildman–Crippen MR) is 125 cm³/mol. The lowest BCUT2D eigenvalue weighted by Crippen LogP contribution is -2.36. The van der Waals surface area contributed by atoms with Gasteiger partial charge in [-0.15, -0.1) is 0 Å². The number of aliphatic hydroxyl groups is 2. The fourth-order valence-corrected chi connectivity index (χ4v) is 4.25. The maximum atomic E-state index is 12.3. The molecule has 0 saturated carbocycles. The monoisotopic (exact) mass is 431 g/mol. The Hall–Kier alpha value is -3.15. The maximum Gasteiger partial charge on any atom is 0.407 e. The van der Waals surface area contributed by atoms with Crippen LogP contribution in [0.15, 0.2) is 72.8 Å². The van der Waals surface area contributed by atoms with Crippen LogP contribution in [0.2, 0.25) is 0 Å². The van der Waals surface area contributed by atoms with Crippen LogP contribution in [0.3, 0.4) is 0 Å². The molecule has 4 rings (SSSR count). The lowest BCUT2D eigenvalue weighted by molar-refractivity contribution is 0.0185. The smallest absolute Gasteiger partial charge is 0.407 e. The molecule has 0 bridgehead atoms. The Bertz CT molecular complexity index is 1030. The Morgan fingerprint density at radius 1 is 0.875 bits per heavy atom. The number of amides is 1. The van der Waals surface area contributed by atoms with Crippen molar-refractivity contribution in [1.29, 1.82) is 0 Å². The topological polar surface area (TPSA) is 78.8 Å². The molecule has 0 aromatic heterocycles. The number of rotatable bonds is 7. The summed E-state index contributed by atoms with van der Waals surface area (Å²) in [5.41, 5.74) is 6.38. The summed E-state index contributed by atoms with van der Waals surface area (Å²) in [6.07, 6.45) is -2.85.